The van der Waals surface area contributed by atoms with Gasteiger partial charge in [-0.3, -0.25) is 9.78 Å². The number of amides is 1. The Kier molecular flexibility index (Phi) is 6.25. The summed E-state index contributed by atoms with van der Waals surface area (Å²) in [6, 6.07) is 8.34. The summed E-state index contributed by atoms with van der Waals surface area (Å²) in [7, 11) is 1.85. The van der Waals surface area contributed by atoms with Gasteiger partial charge in [0.15, 0.2) is 0 Å². The van der Waals surface area contributed by atoms with Gasteiger partial charge >= 0.3 is 6.18 Å². The average molecular weight is 446 g/mol. The fourth-order valence-corrected chi connectivity index (χ4v) is 2.91. The Hall–Kier alpha value is -1.58. The smallest absolute Gasteiger partial charge is 0.352 e. The lowest BCUT2D eigenvalue weighted by molar-refractivity contribution is -0.137. The SMILES string of the molecule is Bc1ccccc1C(=O)NCCc1ncc(C(F)(F)F)cc1CI. The number of carbonyl (C=O) groups is 1. The van der Waals surface area contributed by atoms with Gasteiger partial charge in [0.1, 0.15) is 7.85 Å². The van der Waals surface area contributed by atoms with Crippen LogP contribution in [0.5, 0.6) is 0 Å². The normalized spacial score (nSPS) is 11.3. The van der Waals surface area contributed by atoms with Gasteiger partial charge in [-0.15, -0.1) is 0 Å². The van der Waals surface area contributed by atoms with Gasteiger partial charge in [-0.2, -0.15) is 13.2 Å². The van der Waals surface area contributed by atoms with Gasteiger partial charge in [0, 0.05) is 34.8 Å². The molecule has 0 fully saturated rings. The van der Waals surface area contributed by atoms with Crippen LogP contribution in [-0.2, 0) is 17.0 Å². The summed E-state index contributed by atoms with van der Waals surface area (Å²) < 4.78 is 38.6. The number of nitrogens with one attached hydrogen (secondary N) is 1. The molecule has 0 atom stereocenters. The van der Waals surface area contributed by atoms with Crippen molar-refractivity contribution >= 4 is 41.8 Å². The molecule has 0 aliphatic rings. The van der Waals surface area contributed by atoms with Crippen molar-refractivity contribution in [1.82, 2.24) is 10.3 Å². The molecule has 126 valence electrons. The molecular weight excluding hydrogens is 431 g/mol. The molecule has 3 nitrogen and oxygen atoms in total. The van der Waals surface area contributed by atoms with E-state index in [-0.39, 0.29) is 5.91 Å². The van der Waals surface area contributed by atoms with Gasteiger partial charge in [0.2, 0.25) is 0 Å². The lowest BCUT2D eigenvalue weighted by atomic mass is 9.90. The second-order valence-electron chi connectivity index (χ2n) is 5.28. The maximum Gasteiger partial charge on any atom is 0.417 e. The van der Waals surface area contributed by atoms with Crippen molar-refractivity contribution in [3.05, 3.63) is 58.9 Å². The number of hydrogen-bond donors (Lipinski definition) is 1. The molecule has 1 N–H and O–H groups in total. The maximum absolute atomic E-state index is 12.7. The molecular formula is C16H15BF3IN2O. The molecule has 0 spiro atoms. The fraction of sp³-hybridized carbons (Fsp3) is 0.250. The quantitative estimate of drug-likeness (QED) is 0.436. The van der Waals surface area contributed by atoms with Crippen LogP contribution >= 0.6 is 22.6 Å². The van der Waals surface area contributed by atoms with Crippen LogP contribution in [0.15, 0.2) is 36.5 Å². The first-order chi connectivity index (χ1) is 11.3. The van der Waals surface area contributed by atoms with Crippen molar-refractivity contribution in [2.45, 2.75) is 17.0 Å². The summed E-state index contributed by atoms with van der Waals surface area (Å²) in [5.74, 6) is -0.198. The summed E-state index contributed by atoms with van der Waals surface area (Å²) in [4.78, 5) is 16.0. The summed E-state index contributed by atoms with van der Waals surface area (Å²) in [6.45, 7) is 0.315. The number of carbonyl (C=O) groups excluding carboxylic acids is 1. The molecule has 8 heteroatoms. The van der Waals surface area contributed by atoms with Crippen molar-refractivity contribution in [3.8, 4) is 0 Å². The first-order valence-electron chi connectivity index (χ1n) is 7.27. The van der Waals surface area contributed by atoms with Gasteiger partial charge in [-0.1, -0.05) is 52.3 Å². The highest BCUT2D eigenvalue weighted by Crippen LogP contribution is 2.30. The molecule has 0 radical (unpaired) electrons. The Balaban J connectivity index is 2.02. The van der Waals surface area contributed by atoms with Gasteiger partial charge in [0.25, 0.3) is 5.91 Å². The maximum atomic E-state index is 12.7. The third-order valence-corrected chi connectivity index (χ3v) is 4.39. The van der Waals surface area contributed by atoms with Crippen molar-refractivity contribution in [1.29, 1.82) is 0 Å². The summed E-state index contributed by atoms with van der Waals surface area (Å²) in [5, 5.41) is 2.78. The molecule has 0 aliphatic heterocycles. The van der Waals surface area contributed by atoms with Crippen LogP contribution in [0, 0.1) is 0 Å². The van der Waals surface area contributed by atoms with Crippen LogP contribution in [0.25, 0.3) is 0 Å². The van der Waals surface area contributed by atoms with E-state index < -0.39 is 11.7 Å². The van der Waals surface area contributed by atoms with E-state index in [1.165, 1.54) is 0 Å². The number of hydrogen-bond acceptors (Lipinski definition) is 2. The van der Waals surface area contributed by atoms with E-state index >= 15 is 0 Å². The monoisotopic (exact) mass is 446 g/mol. The van der Waals surface area contributed by atoms with Crippen LogP contribution in [-0.4, -0.2) is 25.3 Å². The average Bonchev–Trinajstić information content (AvgIpc) is 2.54. The number of nitrogens with zero attached hydrogens (tertiary/aromatic N) is 1. The van der Waals surface area contributed by atoms with Gasteiger partial charge in [-0.25, -0.2) is 0 Å². The lowest BCUT2D eigenvalue weighted by Crippen LogP contribution is -2.30. The Morgan fingerprint density at radius 2 is 2.00 bits per heavy atom. The van der Waals surface area contributed by atoms with Crippen LogP contribution in [0.4, 0.5) is 13.2 Å². The van der Waals surface area contributed by atoms with Gasteiger partial charge in [0.05, 0.1) is 5.56 Å². The largest absolute Gasteiger partial charge is 0.417 e. The first-order valence-corrected chi connectivity index (χ1v) is 8.80. The summed E-state index contributed by atoms with van der Waals surface area (Å²) >= 11 is 2.01. The zero-order valence-electron chi connectivity index (χ0n) is 13.0. The van der Waals surface area contributed by atoms with Crippen LogP contribution < -0.4 is 10.8 Å². The number of aromatic nitrogens is 1. The fourth-order valence-electron chi connectivity index (χ4n) is 2.25. The molecule has 1 aromatic carbocycles. The van der Waals surface area contributed by atoms with Crippen molar-refractivity contribution in [3.63, 3.8) is 0 Å². The van der Waals surface area contributed by atoms with E-state index in [0.717, 1.165) is 17.7 Å². The summed E-state index contributed by atoms with van der Waals surface area (Å²) in [5.41, 5.74) is 1.82. The molecule has 1 aromatic heterocycles. The van der Waals surface area contributed by atoms with Crippen LogP contribution in [0.1, 0.15) is 27.2 Å². The highest BCUT2D eigenvalue weighted by atomic mass is 127. The van der Waals surface area contributed by atoms with Gasteiger partial charge < -0.3 is 5.32 Å². The minimum Gasteiger partial charge on any atom is -0.352 e. The van der Waals surface area contributed by atoms with E-state index in [1.54, 1.807) is 12.1 Å². The van der Waals surface area contributed by atoms with Crippen LogP contribution in [0.2, 0.25) is 0 Å². The van der Waals surface area contributed by atoms with E-state index in [9.17, 15) is 18.0 Å². The van der Waals surface area contributed by atoms with E-state index in [2.05, 4.69) is 10.3 Å². The molecule has 1 amide bonds. The molecule has 0 bridgehead atoms. The molecule has 0 aliphatic carbocycles. The Bertz CT molecular complexity index is 738. The molecule has 0 unspecified atom stereocenters. The predicted molar refractivity (Wildman–Crippen MR) is 97.6 cm³/mol. The minimum atomic E-state index is -4.40. The van der Waals surface area contributed by atoms with E-state index in [4.69, 9.17) is 0 Å². The van der Waals surface area contributed by atoms with Crippen LogP contribution in [0.3, 0.4) is 0 Å². The lowest BCUT2D eigenvalue weighted by Gasteiger charge is -2.12. The second kappa shape index (κ2) is 8.00. The molecule has 1 heterocycles. The highest BCUT2D eigenvalue weighted by molar-refractivity contribution is 14.1. The third kappa shape index (κ3) is 4.72. The minimum absolute atomic E-state index is 0.198. The van der Waals surface area contributed by atoms with Crippen molar-refractivity contribution in [2.75, 3.05) is 6.54 Å². The van der Waals surface area contributed by atoms with E-state index in [0.29, 0.717) is 34.2 Å². The molecule has 2 aromatic rings. The second-order valence-corrected chi connectivity index (χ2v) is 6.04. The van der Waals surface area contributed by atoms with Gasteiger partial charge in [-0.05, 0) is 11.6 Å². The van der Waals surface area contributed by atoms with Crippen molar-refractivity contribution < 1.29 is 18.0 Å². The standard InChI is InChI=1S/C16H15BF3IN2O/c17-13-4-2-1-3-12(13)15(24)22-6-5-14-10(8-21)7-11(9-23-14)16(18,19)20/h1-4,7,9H,5-6,8,17H2,(H,22,24). The number of rotatable bonds is 5. The molecule has 0 saturated carbocycles. The Morgan fingerprint density at radius 1 is 1.29 bits per heavy atom. The predicted octanol–water partition coefficient (Wildman–Crippen LogP) is 2.27. The Labute approximate surface area is 152 Å². The number of pyridine rings is 1. The highest BCUT2D eigenvalue weighted by Gasteiger charge is 2.31. The number of alkyl halides is 4. The summed E-state index contributed by atoms with van der Waals surface area (Å²) in [6.07, 6.45) is -3.17. The number of halogens is 4. The third-order valence-electron chi connectivity index (χ3n) is 3.57. The molecule has 24 heavy (non-hydrogen) atoms. The molecule has 0 saturated heterocycles. The first kappa shape index (κ1) is 18.8. The van der Waals surface area contributed by atoms with E-state index in [1.807, 2.05) is 42.6 Å². The molecule has 2 rings (SSSR count). The topological polar surface area (TPSA) is 42.0 Å². The zero-order chi connectivity index (χ0) is 17.7. The Morgan fingerprint density at radius 3 is 2.62 bits per heavy atom. The number of benzene rings is 1. The van der Waals surface area contributed by atoms with Crippen molar-refractivity contribution in [2.24, 2.45) is 0 Å². The zero-order valence-corrected chi connectivity index (χ0v) is 15.1.